The first-order chi connectivity index (χ1) is 12.0. The van der Waals surface area contributed by atoms with Crippen LogP contribution in [0.2, 0.25) is 0 Å². The molecule has 1 amide bonds. The Bertz CT molecular complexity index is 752. The Morgan fingerprint density at radius 1 is 1.28 bits per heavy atom. The quantitative estimate of drug-likeness (QED) is 0.855. The van der Waals surface area contributed by atoms with Crippen LogP contribution in [0.25, 0.3) is 0 Å². The second kappa shape index (κ2) is 7.10. The van der Waals surface area contributed by atoms with E-state index in [9.17, 15) is 9.90 Å². The van der Waals surface area contributed by atoms with Gasteiger partial charge in [-0.25, -0.2) is 9.97 Å². The van der Waals surface area contributed by atoms with Gasteiger partial charge in [-0.3, -0.25) is 14.8 Å². The number of aliphatic hydroxyl groups excluding tert-OH is 1. The number of anilines is 1. The molecule has 1 saturated heterocycles. The third-order valence-corrected chi connectivity index (χ3v) is 4.38. The lowest BCUT2D eigenvalue weighted by Gasteiger charge is -2.18. The molecule has 0 aliphatic carbocycles. The number of hydrogen-bond acceptors (Lipinski definition) is 7. The van der Waals surface area contributed by atoms with Gasteiger partial charge in [0, 0.05) is 57.9 Å². The Labute approximate surface area is 146 Å². The van der Waals surface area contributed by atoms with Gasteiger partial charge in [-0.2, -0.15) is 0 Å². The van der Waals surface area contributed by atoms with Crippen molar-refractivity contribution in [3.8, 4) is 0 Å². The molecule has 1 aliphatic rings. The highest BCUT2D eigenvalue weighted by Gasteiger charge is 2.35. The predicted molar refractivity (Wildman–Crippen MR) is 92.2 cm³/mol. The van der Waals surface area contributed by atoms with E-state index in [2.05, 4.69) is 19.9 Å². The zero-order chi connectivity index (χ0) is 18.0. The highest BCUT2D eigenvalue weighted by molar-refractivity contribution is 5.95. The largest absolute Gasteiger partial charge is 0.391 e. The molecule has 0 spiro atoms. The van der Waals surface area contributed by atoms with Crippen molar-refractivity contribution in [3.05, 3.63) is 41.7 Å². The van der Waals surface area contributed by atoms with Crippen LogP contribution >= 0.6 is 0 Å². The molecular formula is C17H22N6O2. The number of hydrogen-bond donors (Lipinski definition) is 1. The molecule has 1 aliphatic heterocycles. The Balaban J connectivity index is 1.71. The molecule has 2 aromatic rings. The number of aryl methyl sites for hydroxylation is 1. The van der Waals surface area contributed by atoms with Crippen molar-refractivity contribution < 1.29 is 9.90 Å². The molecule has 8 nitrogen and oxygen atoms in total. The third kappa shape index (κ3) is 3.74. The van der Waals surface area contributed by atoms with E-state index >= 15 is 0 Å². The number of aliphatic hydroxyl groups is 1. The Morgan fingerprint density at radius 3 is 2.72 bits per heavy atom. The van der Waals surface area contributed by atoms with E-state index in [-0.39, 0.29) is 11.8 Å². The number of β-amino-alcohol motifs (C(OH)–C–C–N with tert-alkyl or cyclic N) is 1. The van der Waals surface area contributed by atoms with Gasteiger partial charge in [-0.1, -0.05) is 0 Å². The van der Waals surface area contributed by atoms with Crippen molar-refractivity contribution >= 4 is 11.9 Å². The topological polar surface area (TPSA) is 95.3 Å². The van der Waals surface area contributed by atoms with Gasteiger partial charge in [0.15, 0.2) is 0 Å². The van der Waals surface area contributed by atoms with Crippen LogP contribution in [0, 0.1) is 12.8 Å². The summed E-state index contributed by atoms with van der Waals surface area (Å²) in [6.07, 6.45) is 6.51. The van der Waals surface area contributed by atoms with Crippen LogP contribution in [-0.4, -0.2) is 69.1 Å². The molecule has 3 heterocycles. The van der Waals surface area contributed by atoms with Crippen LogP contribution in [0.15, 0.2) is 24.8 Å². The van der Waals surface area contributed by atoms with E-state index in [1.807, 2.05) is 14.1 Å². The van der Waals surface area contributed by atoms with Crippen LogP contribution in [0.1, 0.15) is 21.7 Å². The van der Waals surface area contributed by atoms with Gasteiger partial charge in [-0.05, 0) is 13.3 Å². The summed E-state index contributed by atoms with van der Waals surface area (Å²) in [5.41, 5.74) is 1.92. The fraction of sp³-hybridized carbons (Fsp3) is 0.471. The minimum Gasteiger partial charge on any atom is -0.391 e. The number of rotatable bonds is 4. The van der Waals surface area contributed by atoms with Crippen LogP contribution in [0.3, 0.4) is 0 Å². The highest BCUT2D eigenvalue weighted by Crippen LogP contribution is 2.23. The second-order valence-corrected chi connectivity index (χ2v) is 6.50. The molecule has 0 unspecified atom stereocenters. The average molecular weight is 342 g/mol. The van der Waals surface area contributed by atoms with Crippen molar-refractivity contribution in [3.63, 3.8) is 0 Å². The van der Waals surface area contributed by atoms with E-state index in [4.69, 9.17) is 0 Å². The van der Waals surface area contributed by atoms with Gasteiger partial charge in [0.2, 0.25) is 5.95 Å². The van der Waals surface area contributed by atoms with E-state index in [1.165, 1.54) is 0 Å². The van der Waals surface area contributed by atoms with Crippen LogP contribution < -0.4 is 4.90 Å². The van der Waals surface area contributed by atoms with Gasteiger partial charge >= 0.3 is 0 Å². The van der Waals surface area contributed by atoms with E-state index < -0.39 is 6.10 Å². The summed E-state index contributed by atoms with van der Waals surface area (Å²) in [4.78, 5) is 33.1. The van der Waals surface area contributed by atoms with Gasteiger partial charge in [0.25, 0.3) is 5.91 Å². The maximum atomic E-state index is 12.8. The molecule has 132 valence electrons. The summed E-state index contributed by atoms with van der Waals surface area (Å²) < 4.78 is 0. The maximum absolute atomic E-state index is 12.8. The smallest absolute Gasteiger partial charge is 0.257 e. The number of amides is 1. The molecule has 2 aromatic heterocycles. The zero-order valence-corrected chi connectivity index (χ0v) is 14.6. The molecule has 2 atom stereocenters. The molecule has 1 fully saturated rings. The third-order valence-electron chi connectivity index (χ3n) is 4.38. The minimum absolute atomic E-state index is 0.0528. The van der Waals surface area contributed by atoms with Gasteiger partial charge in [0.05, 0.1) is 23.1 Å². The lowest BCUT2D eigenvalue weighted by Crippen LogP contribution is -2.30. The van der Waals surface area contributed by atoms with Gasteiger partial charge < -0.3 is 14.9 Å². The Morgan fingerprint density at radius 2 is 2.08 bits per heavy atom. The fourth-order valence-electron chi connectivity index (χ4n) is 2.98. The SMILES string of the molecule is Cc1nc(N(C)C)ncc1C(=O)N1C[C@@H](Cc2cnccn2)[C@H](O)C1. The fourth-order valence-corrected chi connectivity index (χ4v) is 2.98. The van der Waals surface area contributed by atoms with E-state index in [0.717, 1.165) is 5.69 Å². The molecule has 0 bridgehead atoms. The number of carbonyl (C=O) groups is 1. The Hall–Kier alpha value is -2.61. The van der Waals surface area contributed by atoms with E-state index in [0.29, 0.717) is 36.7 Å². The summed E-state index contributed by atoms with van der Waals surface area (Å²) in [5.74, 6) is 0.363. The number of aromatic nitrogens is 4. The molecule has 1 N–H and O–H groups in total. The predicted octanol–water partition coefficient (Wildman–Crippen LogP) is 0.317. The first kappa shape index (κ1) is 17.2. The summed E-state index contributed by atoms with van der Waals surface area (Å²) in [6.45, 7) is 2.58. The number of carbonyl (C=O) groups excluding carboxylic acids is 1. The highest BCUT2D eigenvalue weighted by atomic mass is 16.3. The lowest BCUT2D eigenvalue weighted by molar-refractivity contribution is 0.0763. The molecule has 8 heteroatoms. The molecule has 0 radical (unpaired) electrons. The molecule has 25 heavy (non-hydrogen) atoms. The monoisotopic (exact) mass is 342 g/mol. The second-order valence-electron chi connectivity index (χ2n) is 6.50. The molecule has 3 rings (SSSR count). The van der Waals surface area contributed by atoms with Crippen molar-refractivity contribution in [2.24, 2.45) is 5.92 Å². The van der Waals surface area contributed by atoms with Crippen molar-refractivity contribution in [1.29, 1.82) is 0 Å². The normalized spacial score (nSPS) is 19.9. The van der Waals surface area contributed by atoms with Crippen LogP contribution in [0.4, 0.5) is 5.95 Å². The Kier molecular flexibility index (Phi) is 4.89. The first-order valence-electron chi connectivity index (χ1n) is 8.19. The first-order valence-corrected chi connectivity index (χ1v) is 8.19. The molecule has 0 aromatic carbocycles. The lowest BCUT2D eigenvalue weighted by atomic mass is 10.0. The number of likely N-dealkylation sites (tertiary alicyclic amines) is 1. The van der Waals surface area contributed by atoms with E-state index in [1.54, 1.807) is 41.5 Å². The maximum Gasteiger partial charge on any atom is 0.257 e. The summed E-state index contributed by atoms with van der Waals surface area (Å²) in [7, 11) is 3.70. The summed E-state index contributed by atoms with van der Waals surface area (Å²) in [5, 5.41) is 10.3. The summed E-state index contributed by atoms with van der Waals surface area (Å²) >= 11 is 0. The molecule has 0 saturated carbocycles. The average Bonchev–Trinajstić information content (AvgIpc) is 2.96. The number of nitrogens with zero attached hydrogens (tertiary/aromatic N) is 6. The summed E-state index contributed by atoms with van der Waals surface area (Å²) in [6, 6.07) is 0. The zero-order valence-electron chi connectivity index (χ0n) is 14.6. The minimum atomic E-state index is -0.576. The van der Waals surface area contributed by atoms with Gasteiger partial charge in [0.1, 0.15) is 0 Å². The van der Waals surface area contributed by atoms with Crippen molar-refractivity contribution in [1.82, 2.24) is 24.8 Å². The van der Waals surface area contributed by atoms with Gasteiger partial charge in [-0.15, -0.1) is 0 Å². The van der Waals surface area contributed by atoms with Crippen molar-refractivity contribution in [2.75, 3.05) is 32.1 Å². The van der Waals surface area contributed by atoms with Crippen LogP contribution in [0.5, 0.6) is 0 Å². The van der Waals surface area contributed by atoms with Crippen molar-refractivity contribution in [2.45, 2.75) is 19.4 Å². The van der Waals surface area contributed by atoms with Crippen LogP contribution in [-0.2, 0) is 6.42 Å². The molecular weight excluding hydrogens is 320 g/mol. The standard InChI is InChI=1S/C17H22N6O2/c1-11-14(8-20-17(21-11)22(2)3)16(25)23-9-12(15(24)10-23)6-13-7-18-4-5-19-13/h4-5,7-8,12,15,24H,6,9-10H2,1-3H3/t12-,15-/m1/s1.